The van der Waals surface area contributed by atoms with Gasteiger partial charge < -0.3 is 15.7 Å². The number of amides is 1. The SMILES string of the molecule is CCCC1CC1NC(=O)[C@H]1C[C@@H](O)CN1.Cl. The largest absolute Gasteiger partial charge is 0.392 e. The summed E-state index contributed by atoms with van der Waals surface area (Å²) in [6, 6.07) is 0.222. The molecule has 0 radical (unpaired) electrons. The smallest absolute Gasteiger partial charge is 0.237 e. The van der Waals surface area contributed by atoms with Gasteiger partial charge in [-0.1, -0.05) is 13.3 Å². The molecule has 4 nitrogen and oxygen atoms in total. The number of aliphatic hydroxyl groups excluding tert-OH is 1. The van der Waals surface area contributed by atoms with E-state index in [9.17, 15) is 9.90 Å². The molecule has 1 heterocycles. The first-order valence-electron chi connectivity index (χ1n) is 5.92. The molecule has 94 valence electrons. The minimum atomic E-state index is -0.355. The van der Waals surface area contributed by atoms with Gasteiger partial charge in [-0.25, -0.2) is 0 Å². The van der Waals surface area contributed by atoms with Crippen molar-refractivity contribution in [3.8, 4) is 0 Å². The van der Waals surface area contributed by atoms with E-state index < -0.39 is 0 Å². The lowest BCUT2D eigenvalue weighted by molar-refractivity contribution is -0.123. The number of aliphatic hydroxyl groups is 1. The molecule has 1 amide bonds. The highest BCUT2D eigenvalue weighted by atomic mass is 35.5. The molecular formula is C11H21ClN2O2. The highest BCUT2D eigenvalue weighted by Gasteiger charge is 2.39. The van der Waals surface area contributed by atoms with E-state index in [2.05, 4.69) is 17.6 Å². The van der Waals surface area contributed by atoms with E-state index in [0.29, 0.717) is 24.9 Å². The minimum absolute atomic E-state index is 0. The Kier molecular flexibility index (Phi) is 5.02. The maximum Gasteiger partial charge on any atom is 0.237 e. The van der Waals surface area contributed by atoms with Gasteiger partial charge in [-0.2, -0.15) is 0 Å². The predicted molar refractivity (Wildman–Crippen MR) is 64.6 cm³/mol. The third kappa shape index (κ3) is 3.34. The number of nitrogens with one attached hydrogen (secondary N) is 2. The van der Waals surface area contributed by atoms with Gasteiger partial charge in [0.2, 0.25) is 5.91 Å². The Morgan fingerprint density at radius 1 is 1.50 bits per heavy atom. The maximum absolute atomic E-state index is 11.7. The Hall–Kier alpha value is -0.320. The Morgan fingerprint density at radius 3 is 2.81 bits per heavy atom. The lowest BCUT2D eigenvalue weighted by Crippen LogP contribution is -2.41. The second kappa shape index (κ2) is 5.84. The van der Waals surface area contributed by atoms with Gasteiger partial charge in [0.25, 0.3) is 0 Å². The quantitative estimate of drug-likeness (QED) is 0.677. The van der Waals surface area contributed by atoms with Gasteiger partial charge in [0.15, 0.2) is 0 Å². The van der Waals surface area contributed by atoms with Gasteiger partial charge in [-0.05, 0) is 25.2 Å². The zero-order valence-corrected chi connectivity index (χ0v) is 10.4. The average molecular weight is 249 g/mol. The summed E-state index contributed by atoms with van der Waals surface area (Å²) >= 11 is 0. The number of rotatable bonds is 4. The Morgan fingerprint density at radius 2 is 2.25 bits per heavy atom. The van der Waals surface area contributed by atoms with E-state index in [-0.39, 0.29) is 30.5 Å². The van der Waals surface area contributed by atoms with Crippen molar-refractivity contribution >= 4 is 18.3 Å². The van der Waals surface area contributed by atoms with Gasteiger partial charge in [0.05, 0.1) is 12.1 Å². The van der Waals surface area contributed by atoms with Crippen LogP contribution < -0.4 is 10.6 Å². The number of halogens is 1. The highest BCUT2D eigenvalue weighted by Crippen LogP contribution is 2.34. The van der Waals surface area contributed by atoms with Gasteiger partial charge >= 0.3 is 0 Å². The summed E-state index contributed by atoms with van der Waals surface area (Å²) in [6.45, 7) is 2.72. The first-order chi connectivity index (χ1) is 7.20. The van der Waals surface area contributed by atoms with E-state index in [1.807, 2.05) is 0 Å². The molecule has 4 atom stereocenters. The fourth-order valence-electron chi connectivity index (χ4n) is 2.31. The van der Waals surface area contributed by atoms with Crippen LogP contribution in [0.4, 0.5) is 0 Å². The number of carbonyl (C=O) groups excluding carboxylic acids is 1. The Balaban J connectivity index is 0.00000128. The first kappa shape index (κ1) is 13.7. The van der Waals surface area contributed by atoms with Crippen molar-refractivity contribution in [1.82, 2.24) is 10.6 Å². The number of hydrogen-bond donors (Lipinski definition) is 3. The van der Waals surface area contributed by atoms with Crippen LogP contribution in [0.3, 0.4) is 0 Å². The molecular weight excluding hydrogens is 228 g/mol. The van der Waals surface area contributed by atoms with Crippen molar-refractivity contribution < 1.29 is 9.90 Å². The molecule has 0 aromatic heterocycles. The molecule has 0 bridgehead atoms. The van der Waals surface area contributed by atoms with E-state index in [0.717, 1.165) is 6.42 Å². The molecule has 2 aliphatic rings. The lowest BCUT2D eigenvalue weighted by atomic mass is 10.2. The summed E-state index contributed by atoms with van der Waals surface area (Å²) in [5.74, 6) is 0.764. The standard InChI is InChI=1S/C11H20N2O2.ClH/c1-2-3-7-4-9(7)13-11(15)10-5-8(14)6-12-10;/h7-10,12,14H,2-6H2,1H3,(H,13,15);1H/t7?,8-,9?,10-;/m1./s1. The van der Waals surface area contributed by atoms with Crippen LogP contribution in [0.1, 0.15) is 32.6 Å². The Labute approximate surface area is 103 Å². The third-order valence-electron chi connectivity index (χ3n) is 3.33. The fraction of sp³-hybridized carbons (Fsp3) is 0.909. The Bertz CT molecular complexity index is 250. The van der Waals surface area contributed by atoms with Crippen molar-refractivity contribution in [3.63, 3.8) is 0 Å². The number of hydrogen-bond acceptors (Lipinski definition) is 3. The molecule has 5 heteroatoms. The van der Waals surface area contributed by atoms with Crippen LogP contribution in [-0.4, -0.2) is 35.7 Å². The van der Waals surface area contributed by atoms with Crippen LogP contribution in [0.25, 0.3) is 0 Å². The molecule has 16 heavy (non-hydrogen) atoms. The van der Waals surface area contributed by atoms with E-state index in [1.54, 1.807) is 0 Å². The van der Waals surface area contributed by atoms with Gasteiger partial charge in [0.1, 0.15) is 0 Å². The molecule has 2 unspecified atom stereocenters. The summed E-state index contributed by atoms with van der Waals surface area (Å²) in [4.78, 5) is 11.7. The lowest BCUT2D eigenvalue weighted by Gasteiger charge is -2.10. The molecule has 3 N–H and O–H groups in total. The molecule has 1 aliphatic carbocycles. The van der Waals surface area contributed by atoms with E-state index in [4.69, 9.17) is 0 Å². The third-order valence-corrected chi connectivity index (χ3v) is 3.33. The van der Waals surface area contributed by atoms with Crippen LogP contribution in [0.2, 0.25) is 0 Å². The predicted octanol–water partition coefficient (Wildman–Crippen LogP) is 0.436. The first-order valence-corrected chi connectivity index (χ1v) is 5.92. The van der Waals surface area contributed by atoms with Crippen molar-refractivity contribution in [2.45, 2.75) is 50.8 Å². The van der Waals surface area contributed by atoms with Crippen LogP contribution in [0, 0.1) is 5.92 Å². The summed E-state index contributed by atoms with van der Waals surface area (Å²) < 4.78 is 0. The van der Waals surface area contributed by atoms with Gasteiger partial charge in [-0.15, -0.1) is 12.4 Å². The summed E-state index contributed by atoms with van der Waals surface area (Å²) in [5, 5.41) is 15.4. The number of β-amino-alcohol motifs (C(OH)–C–C–N with tert-alkyl or cyclic N) is 1. The maximum atomic E-state index is 11.7. The highest BCUT2D eigenvalue weighted by molar-refractivity contribution is 5.85. The van der Waals surface area contributed by atoms with Crippen LogP contribution in [-0.2, 0) is 4.79 Å². The zero-order chi connectivity index (χ0) is 10.8. The summed E-state index contributed by atoms with van der Waals surface area (Å²) in [7, 11) is 0. The fourth-order valence-corrected chi connectivity index (χ4v) is 2.31. The number of carbonyl (C=O) groups is 1. The van der Waals surface area contributed by atoms with Gasteiger partial charge in [-0.3, -0.25) is 4.79 Å². The minimum Gasteiger partial charge on any atom is -0.392 e. The van der Waals surface area contributed by atoms with Crippen LogP contribution in [0.5, 0.6) is 0 Å². The summed E-state index contributed by atoms with van der Waals surface area (Å²) in [5.41, 5.74) is 0. The van der Waals surface area contributed by atoms with Crippen LogP contribution in [0.15, 0.2) is 0 Å². The summed E-state index contributed by atoms with van der Waals surface area (Å²) in [6.07, 6.45) is 3.74. The van der Waals surface area contributed by atoms with Gasteiger partial charge in [0, 0.05) is 12.6 Å². The molecule has 0 aromatic rings. The van der Waals surface area contributed by atoms with Crippen molar-refractivity contribution in [3.05, 3.63) is 0 Å². The molecule has 2 fully saturated rings. The van der Waals surface area contributed by atoms with Crippen molar-refractivity contribution in [2.24, 2.45) is 5.92 Å². The molecule has 1 saturated heterocycles. The van der Waals surface area contributed by atoms with Crippen molar-refractivity contribution in [1.29, 1.82) is 0 Å². The second-order valence-electron chi connectivity index (χ2n) is 4.75. The van der Waals surface area contributed by atoms with Crippen LogP contribution >= 0.6 is 12.4 Å². The molecule has 0 aromatic carbocycles. The molecule has 2 rings (SSSR count). The topological polar surface area (TPSA) is 61.4 Å². The molecule has 1 saturated carbocycles. The zero-order valence-electron chi connectivity index (χ0n) is 9.61. The second-order valence-corrected chi connectivity index (χ2v) is 4.75. The molecule has 1 aliphatic heterocycles. The average Bonchev–Trinajstić information content (AvgIpc) is 2.76. The van der Waals surface area contributed by atoms with Crippen molar-refractivity contribution in [2.75, 3.05) is 6.54 Å². The molecule has 0 spiro atoms. The normalized spacial score (nSPS) is 36.6. The van der Waals surface area contributed by atoms with E-state index >= 15 is 0 Å². The monoisotopic (exact) mass is 248 g/mol. The van der Waals surface area contributed by atoms with E-state index in [1.165, 1.54) is 12.8 Å².